The van der Waals surface area contributed by atoms with Crippen LogP contribution >= 0.6 is 34.8 Å². The van der Waals surface area contributed by atoms with Crippen molar-refractivity contribution in [1.82, 2.24) is 20.1 Å². The van der Waals surface area contributed by atoms with E-state index in [2.05, 4.69) is 10.4 Å². The minimum Gasteiger partial charge on any atom is -0.378 e. The Labute approximate surface area is 194 Å². The summed E-state index contributed by atoms with van der Waals surface area (Å²) < 4.78 is 7.07. The lowest BCUT2D eigenvalue weighted by Gasteiger charge is -2.24. The Morgan fingerprint density at radius 1 is 1.03 bits per heavy atom. The number of halogens is 3. The van der Waals surface area contributed by atoms with E-state index in [0.717, 1.165) is 11.3 Å². The van der Waals surface area contributed by atoms with E-state index in [9.17, 15) is 5.26 Å². The highest BCUT2D eigenvalue weighted by molar-refractivity contribution is 6.35. The SMILES string of the molecule is N#CNC(=NN1CCOCC1)c1cc(-c2ccc(Cl)cc2)n(-c2ccc(Cl)cc2Cl)n1. The molecule has 0 saturated carbocycles. The number of hydrogen-bond acceptors (Lipinski definition) is 5. The third kappa shape index (κ3) is 4.94. The number of amidine groups is 1. The molecule has 1 fully saturated rings. The van der Waals surface area contributed by atoms with Gasteiger partial charge in [-0.3, -0.25) is 10.3 Å². The van der Waals surface area contributed by atoms with Crippen LogP contribution in [0.15, 0.2) is 53.6 Å². The third-order valence-corrected chi connectivity index (χ3v) is 5.42. The second-order valence-corrected chi connectivity index (χ2v) is 7.96. The van der Waals surface area contributed by atoms with Gasteiger partial charge < -0.3 is 4.74 Å². The summed E-state index contributed by atoms with van der Waals surface area (Å²) in [6.45, 7) is 2.41. The van der Waals surface area contributed by atoms with Crippen molar-refractivity contribution in [2.24, 2.45) is 5.10 Å². The average Bonchev–Trinajstić information content (AvgIpc) is 3.20. The van der Waals surface area contributed by atoms with E-state index in [4.69, 9.17) is 44.6 Å². The van der Waals surface area contributed by atoms with Crippen LogP contribution < -0.4 is 5.32 Å². The summed E-state index contributed by atoms with van der Waals surface area (Å²) in [7, 11) is 0. The Kier molecular flexibility index (Phi) is 6.64. The average molecular weight is 476 g/mol. The maximum Gasteiger partial charge on any atom is 0.187 e. The number of morpholine rings is 1. The van der Waals surface area contributed by atoms with Crippen LogP contribution in [0.1, 0.15) is 5.69 Å². The number of nitrogens with one attached hydrogen (secondary N) is 1. The predicted molar refractivity (Wildman–Crippen MR) is 122 cm³/mol. The molecular formula is C21H17Cl3N6O. The van der Waals surface area contributed by atoms with E-state index in [1.165, 1.54) is 0 Å². The maximum atomic E-state index is 9.27. The van der Waals surface area contributed by atoms with Crippen LogP contribution in [0.5, 0.6) is 0 Å². The molecule has 0 atom stereocenters. The van der Waals surface area contributed by atoms with Crippen LogP contribution in [0, 0.1) is 11.5 Å². The van der Waals surface area contributed by atoms with E-state index >= 15 is 0 Å². The van der Waals surface area contributed by atoms with E-state index in [1.54, 1.807) is 35.0 Å². The lowest BCUT2D eigenvalue weighted by molar-refractivity contribution is 0.0392. The van der Waals surface area contributed by atoms with Crippen molar-refractivity contribution in [3.63, 3.8) is 0 Å². The highest BCUT2D eigenvalue weighted by Crippen LogP contribution is 2.30. The standard InChI is InChI=1S/C21H17Cl3N6O/c22-15-3-1-14(2-4-15)20-12-18(21(26-13-25)28-29-7-9-31-10-8-29)27-30(20)19-6-5-16(23)11-17(19)24/h1-6,11-12H,7-10H2,(H,26,28). The normalized spacial score (nSPS) is 14.4. The Bertz CT molecular complexity index is 1150. The van der Waals surface area contributed by atoms with E-state index in [1.807, 2.05) is 29.4 Å². The quantitative estimate of drug-likeness (QED) is 0.259. The molecule has 1 aliphatic rings. The fraction of sp³-hybridized carbons (Fsp3) is 0.190. The van der Waals surface area contributed by atoms with E-state index in [-0.39, 0.29) is 0 Å². The number of rotatable bonds is 4. The molecule has 2 heterocycles. The number of nitriles is 1. The van der Waals surface area contributed by atoms with Crippen LogP contribution in [0.25, 0.3) is 16.9 Å². The van der Waals surface area contributed by atoms with Gasteiger partial charge in [0.1, 0.15) is 5.69 Å². The van der Waals surface area contributed by atoms with Gasteiger partial charge in [0.05, 0.1) is 42.7 Å². The van der Waals surface area contributed by atoms with Crippen LogP contribution in [0.4, 0.5) is 0 Å². The van der Waals surface area contributed by atoms with E-state index < -0.39 is 0 Å². The molecule has 1 aromatic heterocycles. The molecule has 0 spiro atoms. The zero-order chi connectivity index (χ0) is 21.8. The number of hydrazone groups is 1. The van der Waals surface area contributed by atoms with Crippen molar-refractivity contribution < 1.29 is 4.74 Å². The van der Waals surface area contributed by atoms with Crippen LogP contribution in [-0.2, 0) is 4.74 Å². The highest BCUT2D eigenvalue weighted by Gasteiger charge is 2.19. The lowest BCUT2D eigenvalue weighted by atomic mass is 10.1. The monoisotopic (exact) mass is 474 g/mol. The largest absolute Gasteiger partial charge is 0.378 e. The van der Waals surface area contributed by atoms with Crippen molar-refractivity contribution in [2.75, 3.05) is 26.3 Å². The molecule has 1 saturated heterocycles. The third-order valence-electron chi connectivity index (χ3n) is 4.63. The molecule has 158 valence electrons. The van der Waals surface area contributed by atoms with Gasteiger partial charge in [-0.25, -0.2) is 4.68 Å². The van der Waals surface area contributed by atoms with Gasteiger partial charge in [0.15, 0.2) is 12.0 Å². The molecule has 0 amide bonds. The summed E-state index contributed by atoms with van der Waals surface area (Å²) >= 11 is 18.6. The molecule has 2 aromatic carbocycles. The zero-order valence-electron chi connectivity index (χ0n) is 16.2. The molecule has 7 nitrogen and oxygen atoms in total. The molecule has 3 aromatic rings. The Morgan fingerprint density at radius 2 is 1.74 bits per heavy atom. The number of aromatic nitrogens is 2. The first kappa shape index (κ1) is 21.5. The number of nitrogens with zero attached hydrogens (tertiary/aromatic N) is 5. The summed E-state index contributed by atoms with van der Waals surface area (Å²) in [5.74, 6) is 0.337. The summed E-state index contributed by atoms with van der Waals surface area (Å²) in [5, 5.41) is 24.6. The van der Waals surface area contributed by atoms with Crippen molar-refractivity contribution in [2.45, 2.75) is 0 Å². The van der Waals surface area contributed by atoms with Gasteiger partial charge in [0.2, 0.25) is 0 Å². The molecule has 1 N–H and O–H groups in total. The fourth-order valence-electron chi connectivity index (χ4n) is 3.15. The first-order chi connectivity index (χ1) is 15.0. The van der Waals surface area contributed by atoms with Crippen molar-refractivity contribution in [3.05, 3.63) is 69.3 Å². The van der Waals surface area contributed by atoms with Gasteiger partial charge in [-0.2, -0.15) is 15.5 Å². The molecule has 1 aliphatic heterocycles. The van der Waals surface area contributed by atoms with Crippen LogP contribution in [0.2, 0.25) is 15.1 Å². The molecule has 0 bridgehead atoms. The topological polar surface area (TPSA) is 78.5 Å². The van der Waals surface area contributed by atoms with Crippen molar-refractivity contribution in [3.8, 4) is 23.1 Å². The Hall–Kier alpha value is -2.76. The van der Waals surface area contributed by atoms with Crippen LogP contribution in [-0.4, -0.2) is 46.9 Å². The minimum atomic E-state index is 0.337. The Balaban J connectivity index is 1.84. The van der Waals surface area contributed by atoms with Crippen LogP contribution in [0.3, 0.4) is 0 Å². The second kappa shape index (κ2) is 9.58. The zero-order valence-corrected chi connectivity index (χ0v) is 18.5. The van der Waals surface area contributed by atoms with Gasteiger partial charge in [0, 0.05) is 15.6 Å². The molecule has 10 heteroatoms. The molecule has 31 heavy (non-hydrogen) atoms. The first-order valence-corrected chi connectivity index (χ1v) is 10.6. The second-order valence-electron chi connectivity index (χ2n) is 6.68. The minimum absolute atomic E-state index is 0.337. The summed E-state index contributed by atoms with van der Waals surface area (Å²) in [6.07, 6.45) is 1.94. The first-order valence-electron chi connectivity index (χ1n) is 9.43. The molecule has 0 unspecified atom stereocenters. The summed E-state index contributed by atoms with van der Waals surface area (Å²) in [4.78, 5) is 0. The smallest absolute Gasteiger partial charge is 0.187 e. The predicted octanol–water partition coefficient (Wildman–Crippen LogP) is 4.56. The number of benzene rings is 2. The maximum absolute atomic E-state index is 9.27. The molecule has 0 aliphatic carbocycles. The van der Waals surface area contributed by atoms with Gasteiger partial charge in [-0.15, -0.1) is 0 Å². The summed E-state index contributed by atoms with van der Waals surface area (Å²) in [6, 6.07) is 14.4. The van der Waals surface area contributed by atoms with Crippen molar-refractivity contribution in [1.29, 1.82) is 5.26 Å². The van der Waals surface area contributed by atoms with E-state index in [0.29, 0.717) is 58.6 Å². The summed E-state index contributed by atoms with van der Waals surface area (Å²) in [5.41, 5.74) is 2.76. The molecule has 0 radical (unpaired) electrons. The lowest BCUT2D eigenvalue weighted by Crippen LogP contribution is -2.35. The van der Waals surface area contributed by atoms with Crippen molar-refractivity contribution >= 4 is 40.6 Å². The Morgan fingerprint density at radius 3 is 2.42 bits per heavy atom. The highest BCUT2D eigenvalue weighted by atomic mass is 35.5. The number of hydrogen-bond donors (Lipinski definition) is 1. The van der Waals surface area contributed by atoms with Gasteiger partial charge in [-0.05, 0) is 36.4 Å². The fourth-order valence-corrected chi connectivity index (χ4v) is 3.76. The number of ether oxygens (including phenoxy) is 1. The van der Waals surface area contributed by atoms with Gasteiger partial charge >= 0.3 is 0 Å². The molecular weight excluding hydrogens is 459 g/mol. The van der Waals surface area contributed by atoms with Gasteiger partial charge in [0.25, 0.3) is 0 Å². The molecule has 4 rings (SSSR count). The van der Waals surface area contributed by atoms with Gasteiger partial charge in [-0.1, -0.05) is 46.9 Å².